The zero-order chi connectivity index (χ0) is 23.9. The lowest BCUT2D eigenvalue weighted by Gasteiger charge is -2.37. The normalized spacial score (nSPS) is 16.2. The zero-order valence-electron chi connectivity index (χ0n) is 19.8. The van der Waals surface area contributed by atoms with Gasteiger partial charge in [-0.05, 0) is 71.8 Å². The summed E-state index contributed by atoms with van der Waals surface area (Å²) < 4.78 is 3.85. The zero-order valence-corrected chi connectivity index (χ0v) is 20.6. The van der Waals surface area contributed by atoms with Crippen LogP contribution in [0, 0.1) is 13.8 Å². The SMILES string of the molecule is Cc1cccc(C)c1-n1nnnc1C(c1cccs1)N1CCC(n2c(=O)[nH]c3ccccc32)CC1. The van der Waals surface area contributed by atoms with E-state index in [1.54, 1.807) is 11.3 Å². The second kappa shape index (κ2) is 8.90. The minimum absolute atomic E-state index is 0.0292. The molecule has 35 heavy (non-hydrogen) atoms. The van der Waals surface area contributed by atoms with Crippen LogP contribution in [0.5, 0.6) is 0 Å². The number of rotatable bonds is 5. The van der Waals surface area contributed by atoms with Gasteiger partial charge in [-0.3, -0.25) is 9.47 Å². The van der Waals surface area contributed by atoms with E-state index in [-0.39, 0.29) is 17.8 Å². The highest BCUT2D eigenvalue weighted by Crippen LogP contribution is 2.36. The maximum atomic E-state index is 12.8. The molecule has 4 heterocycles. The molecule has 1 fully saturated rings. The van der Waals surface area contributed by atoms with Crippen molar-refractivity contribution in [1.82, 2.24) is 34.7 Å². The molecule has 1 unspecified atom stereocenters. The molecular weight excluding hydrogens is 458 g/mol. The Bertz CT molecular complexity index is 1500. The number of piperidine rings is 1. The fourth-order valence-electron chi connectivity index (χ4n) is 5.42. The third kappa shape index (κ3) is 3.81. The van der Waals surface area contributed by atoms with Crippen LogP contribution in [0.25, 0.3) is 16.7 Å². The summed E-state index contributed by atoms with van der Waals surface area (Å²) in [4.78, 5) is 19.4. The third-order valence-electron chi connectivity index (χ3n) is 7.06. The van der Waals surface area contributed by atoms with E-state index in [1.807, 2.05) is 33.5 Å². The number of nitrogens with zero attached hydrogens (tertiary/aromatic N) is 6. The number of hydrogen-bond acceptors (Lipinski definition) is 6. The van der Waals surface area contributed by atoms with Gasteiger partial charge in [-0.2, -0.15) is 4.68 Å². The first-order valence-electron chi connectivity index (χ1n) is 11.9. The maximum Gasteiger partial charge on any atom is 0.326 e. The monoisotopic (exact) mass is 485 g/mol. The van der Waals surface area contributed by atoms with E-state index in [2.05, 4.69) is 75.0 Å². The summed E-state index contributed by atoms with van der Waals surface area (Å²) in [6, 6.07) is 18.5. The van der Waals surface area contributed by atoms with E-state index in [9.17, 15) is 4.79 Å². The average molecular weight is 486 g/mol. The molecule has 9 heteroatoms. The molecule has 1 aliphatic heterocycles. The predicted octanol–water partition coefficient (Wildman–Crippen LogP) is 4.41. The lowest BCUT2D eigenvalue weighted by Crippen LogP contribution is -2.40. The summed E-state index contributed by atoms with van der Waals surface area (Å²) in [6.07, 6.45) is 1.77. The van der Waals surface area contributed by atoms with Gasteiger partial charge in [-0.15, -0.1) is 16.4 Å². The van der Waals surface area contributed by atoms with Gasteiger partial charge in [-0.1, -0.05) is 36.4 Å². The van der Waals surface area contributed by atoms with Crippen molar-refractivity contribution < 1.29 is 0 Å². The van der Waals surface area contributed by atoms with Gasteiger partial charge in [0.05, 0.1) is 16.7 Å². The van der Waals surface area contributed by atoms with Crippen LogP contribution in [-0.4, -0.2) is 47.7 Å². The number of para-hydroxylation sites is 3. The first kappa shape index (κ1) is 21.9. The molecule has 1 atom stereocenters. The molecule has 3 aromatic heterocycles. The molecule has 5 aromatic rings. The molecule has 2 aromatic carbocycles. The smallest absolute Gasteiger partial charge is 0.306 e. The maximum absolute atomic E-state index is 12.8. The lowest BCUT2D eigenvalue weighted by molar-refractivity contribution is 0.149. The van der Waals surface area contributed by atoms with Crippen molar-refractivity contribution in [3.63, 3.8) is 0 Å². The Labute approximate surface area is 206 Å². The van der Waals surface area contributed by atoms with Gasteiger partial charge in [0.1, 0.15) is 6.04 Å². The summed E-state index contributed by atoms with van der Waals surface area (Å²) >= 11 is 1.73. The van der Waals surface area contributed by atoms with E-state index >= 15 is 0 Å². The van der Waals surface area contributed by atoms with Crippen LogP contribution in [0.1, 0.15) is 46.8 Å². The Morgan fingerprint density at radius 1 is 1.00 bits per heavy atom. The lowest BCUT2D eigenvalue weighted by atomic mass is 10.0. The molecule has 8 nitrogen and oxygen atoms in total. The number of imidazole rings is 1. The number of H-pyrrole nitrogens is 1. The van der Waals surface area contributed by atoms with Crippen LogP contribution < -0.4 is 5.69 Å². The minimum atomic E-state index is -0.0513. The van der Waals surface area contributed by atoms with E-state index in [4.69, 9.17) is 0 Å². The van der Waals surface area contributed by atoms with E-state index in [0.29, 0.717) is 0 Å². The number of benzene rings is 2. The predicted molar refractivity (Wildman–Crippen MR) is 137 cm³/mol. The van der Waals surface area contributed by atoms with Crippen LogP contribution in [-0.2, 0) is 0 Å². The molecule has 0 spiro atoms. The van der Waals surface area contributed by atoms with Crippen LogP contribution in [0.4, 0.5) is 0 Å². The number of aromatic amines is 1. The molecule has 1 saturated heterocycles. The number of fused-ring (bicyclic) bond motifs is 1. The molecule has 0 saturated carbocycles. The summed E-state index contributed by atoms with van der Waals surface area (Å²) in [6.45, 7) is 5.88. The first-order valence-corrected chi connectivity index (χ1v) is 12.8. The standard InChI is InChI=1S/C26H27N7OS/c1-17-7-5-8-18(2)23(17)33-25(28-29-30-33)24(22-11-6-16-35-22)31-14-12-19(13-15-31)32-21-10-4-3-9-20(21)27-26(32)34/h3-11,16,19,24H,12-15H2,1-2H3,(H,27,34). The number of likely N-dealkylation sites (tertiary alicyclic amines) is 1. The van der Waals surface area contributed by atoms with Gasteiger partial charge in [0.2, 0.25) is 0 Å². The summed E-state index contributed by atoms with van der Waals surface area (Å²) in [5.41, 5.74) is 5.16. The van der Waals surface area contributed by atoms with Crippen LogP contribution in [0.3, 0.4) is 0 Å². The van der Waals surface area contributed by atoms with Crippen molar-refractivity contribution >= 4 is 22.4 Å². The number of aryl methyl sites for hydroxylation is 2. The fraction of sp³-hybridized carbons (Fsp3) is 0.308. The molecule has 1 aliphatic rings. The van der Waals surface area contributed by atoms with Crippen molar-refractivity contribution in [1.29, 1.82) is 0 Å². The van der Waals surface area contributed by atoms with Gasteiger partial charge < -0.3 is 4.98 Å². The Morgan fingerprint density at radius 3 is 2.51 bits per heavy atom. The van der Waals surface area contributed by atoms with Gasteiger partial charge in [-0.25, -0.2) is 4.79 Å². The summed E-state index contributed by atoms with van der Waals surface area (Å²) in [5, 5.41) is 15.2. The molecule has 0 radical (unpaired) electrons. The van der Waals surface area contributed by atoms with Crippen molar-refractivity contribution in [2.75, 3.05) is 13.1 Å². The third-order valence-corrected chi connectivity index (χ3v) is 7.98. The quantitative estimate of drug-likeness (QED) is 0.399. The highest BCUT2D eigenvalue weighted by Gasteiger charge is 2.33. The molecule has 0 amide bonds. The molecule has 178 valence electrons. The van der Waals surface area contributed by atoms with E-state index in [1.165, 1.54) is 4.88 Å². The molecule has 1 N–H and O–H groups in total. The first-order chi connectivity index (χ1) is 17.1. The van der Waals surface area contributed by atoms with Crippen molar-refractivity contribution in [3.8, 4) is 5.69 Å². The number of hydrogen-bond donors (Lipinski definition) is 1. The molecule has 0 bridgehead atoms. The average Bonchev–Trinajstić information content (AvgIpc) is 3.61. The molecular formula is C26H27N7OS. The van der Waals surface area contributed by atoms with Crippen LogP contribution >= 0.6 is 11.3 Å². The van der Waals surface area contributed by atoms with Gasteiger partial charge in [0.15, 0.2) is 5.82 Å². The number of thiophene rings is 1. The van der Waals surface area contributed by atoms with Gasteiger partial charge in [0, 0.05) is 24.0 Å². The van der Waals surface area contributed by atoms with Crippen molar-refractivity contribution in [2.24, 2.45) is 0 Å². The van der Waals surface area contributed by atoms with Crippen LogP contribution in [0.15, 0.2) is 64.8 Å². The number of tetrazole rings is 1. The van der Waals surface area contributed by atoms with E-state index in [0.717, 1.165) is 59.6 Å². The van der Waals surface area contributed by atoms with E-state index < -0.39 is 0 Å². The summed E-state index contributed by atoms with van der Waals surface area (Å²) in [7, 11) is 0. The second-order valence-corrected chi connectivity index (χ2v) is 10.2. The minimum Gasteiger partial charge on any atom is -0.306 e. The Balaban J connectivity index is 1.34. The largest absolute Gasteiger partial charge is 0.326 e. The molecule has 0 aliphatic carbocycles. The van der Waals surface area contributed by atoms with Crippen molar-refractivity contribution in [3.05, 3.63) is 92.3 Å². The van der Waals surface area contributed by atoms with Crippen molar-refractivity contribution in [2.45, 2.75) is 38.8 Å². The topological polar surface area (TPSA) is 84.6 Å². The fourth-order valence-corrected chi connectivity index (χ4v) is 6.27. The number of nitrogens with one attached hydrogen (secondary N) is 1. The number of aromatic nitrogens is 6. The Morgan fingerprint density at radius 2 is 1.77 bits per heavy atom. The van der Waals surface area contributed by atoms with Gasteiger partial charge >= 0.3 is 5.69 Å². The highest BCUT2D eigenvalue weighted by molar-refractivity contribution is 7.10. The summed E-state index contributed by atoms with van der Waals surface area (Å²) in [5.74, 6) is 0.826. The van der Waals surface area contributed by atoms with Crippen LogP contribution in [0.2, 0.25) is 0 Å². The van der Waals surface area contributed by atoms with Gasteiger partial charge in [0.25, 0.3) is 0 Å². The second-order valence-electron chi connectivity index (χ2n) is 9.19. The Kier molecular flexibility index (Phi) is 5.58. The molecule has 6 rings (SSSR count). The highest BCUT2D eigenvalue weighted by atomic mass is 32.1. The Hall–Kier alpha value is -3.56.